The Kier molecular flexibility index (Phi) is 6.23. The number of likely N-dealkylation sites (N-methyl/N-ethyl adjacent to an activating group) is 1. The third-order valence-corrected chi connectivity index (χ3v) is 2.76. The second-order valence-electron chi connectivity index (χ2n) is 4.85. The minimum absolute atomic E-state index is 0.119. The van der Waals surface area contributed by atoms with Crippen molar-refractivity contribution in [2.75, 3.05) is 38.6 Å². The molecule has 0 saturated carbocycles. The van der Waals surface area contributed by atoms with Crippen LogP contribution in [-0.4, -0.2) is 50.4 Å². The van der Waals surface area contributed by atoms with E-state index in [1.165, 1.54) is 6.92 Å². The molecule has 1 rings (SSSR count). The van der Waals surface area contributed by atoms with Gasteiger partial charge < -0.3 is 15.1 Å². The zero-order valence-corrected chi connectivity index (χ0v) is 12.3. The molecule has 0 bridgehead atoms. The summed E-state index contributed by atoms with van der Waals surface area (Å²) in [5, 5.41) is 2.63. The molecule has 0 unspecified atom stereocenters. The standard InChI is InChI=1S/C14H19F2N3O2/c1-10(20)19(9-14(21)17-6-7-18(2)3)13-5-4-11(15)8-12(13)16/h4-5,8H,6-7,9H2,1-3H3,(H,17,21). The smallest absolute Gasteiger partial charge is 0.240 e. The number of anilines is 1. The van der Waals surface area contributed by atoms with Gasteiger partial charge in [0.25, 0.3) is 0 Å². The number of benzene rings is 1. The van der Waals surface area contributed by atoms with Crippen molar-refractivity contribution in [2.24, 2.45) is 0 Å². The fourth-order valence-corrected chi connectivity index (χ4v) is 1.68. The lowest BCUT2D eigenvalue weighted by molar-refractivity contribution is -0.123. The fraction of sp³-hybridized carbons (Fsp3) is 0.429. The van der Waals surface area contributed by atoms with E-state index < -0.39 is 23.4 Å². The predicted octanol–water partition coefficient (Wildman–Crippen LogP) is 0.996. The van der Waals surface area contributed by atoms with Crippen LogP contribution in [0.4, 0.5) is 14.5 Å². The summed E-state index contributed by atoms with van der Waals surface area (Å²) >= 11 is 0. The highest BCUT2D eigenvalue weighted by molar-refractivity contribution is 5.97. The monoisotopic (exact) mass is 299 g/mol. The van der Waals surface area contributed by atoms with Crippen LogP contribution >= 0.6 is 0 Å². The van der Waals surface area contributed by atoms with Crippen molar-refractivity contribution in [3.05, 3.63) is 29.8 Å². The maximum Gasteiger partial charge on any atom is 0.240 e. The quantitative estimate of drug-likeness (QED) is 0.852. The van der Waals surface area contributed by atoms with Crippen LogP contribution in [0.2, 0.25) is 0 Å². The van der Waals surface area contributed by atoms with Crippen molar-refractivity contribution < 1.29 is 18.4 Å². The summed E-state index contributed by atoms with van der Waals surface area (Å²) in [5.74, 6) is -2.53. The molecule has 0 spiro atoms. The average molecular weight is 299 g/mol. The van der Waals surface area contributed by atoms with Gasteiger partial charge in [-0.1, -0.05) is 0 Å². The number of halogens is 2. The molecule has 0 aliphatic carbocycles. The van der Waals surface area contributed by atoms with Gasteiger partial charge in [-0.15, -0.1) is 0 Å². The lowest BCUT2D eigenvalue weighted by Crippen LogP contribution is -2.42. The highest BCUT2D eigenvalue weighted by Crippen LogP contribution is 2.20. The topological polar surface area (TPSA) is 52.7 Å². The molecule has 21 heavy (non-hydrogen) atoms. The first-order valence-electron chi connectivity index (χ1n) is 6.46. The molecule has 2 amide bonds. The van der Waals surface area contributed by atoms with Gasteiger partial charge in [0.1, 0.15) is 18.2 Å². The van der Waals surface area contributed by atoms with Crippen LogP contribution < -0.4 is 10.2 Å². The molecular weight excluding hydrogens is 280 g/mol. The van der Waals surface area contributed by atoms with E-state index in [1.54, 1.807) is 0 Å². The first-order valence-corrected chi connectivity index (χ1v) is 6.46. The molecule has 5 nitrogen and oxygen atoms in total. The number of nitrogens with one attached hydrogen (secondary N) is 1. The molecule has 0 aromatic heterocycles. The highest BCUT2D eigenvalue weighted by Gasteiger charge is 2.19. The van der Waals surface area contributed by atoms with E-state index in [0.717, 1.165) is 17.0 Å². The number of hydrogen-bond donors (Lipinski definition) is 1. The summed E-state index contributed by atoms with van der Waals surface area (Å²) in [5.41, 5.74) is -0.119. The maximum atomic E-state index is 13.7. The second kappa shape index (κ2) is 7.68. The Labute approximate surface area is 122 Å². The van der Waals surface area contributed by atoms with E-state index in [4.69, 9.17) is 0 Å². The lowest BCUT2D eigenvalue weighted by Gasteiger charge is -2.21. The molecule has 1 N–H and O–H groups in total. The highest BCUT2D eigenvalue weighted by atomic mass is 19.1. The normalized spacial score (nSPS) is 10.6. The molecule has 0 radical (unpaired) electrons. The first kappa shape index (κ1) is 17.0. The summed E-state index contributed by atoms with van der Waals surface area (Å²) in [4.78, 5) is 26.2. The van der Waals surface area contributed by atoms with Gasteiger partial charge in [0, 0.05) is 26.1 Å². The number of amides is 2. The summed E-state index contributed by atoms with van der Waals surface area (Å²) in [6.07, 6.45) is 0. The molecule has 0 fully saturated rings. The molecule has 0 aliphatic heterocycles. The lowest BCUT2D eigenvalue weighted by atomic mass is 10.2. The van der Waals surface area contributed by atoms with Gasteiger partial charge >= 0.3 is 0 Å². The van der Waals surface area contributed by atoms with Crippen LogP contribution in [-0.2, 0) is 9.59 Å². The van der Waals surface area contributed by atoms with Crippen molar-refractivity contribution in [1.82, 2.24) is 10.2 Å². The Morgan fingerprint density at radius 1 is 1.24 bits per heavy atom. The second-order valence-corrected chi connectivity index (χ2v) is 4.85. The molecule has 7 heteroatoms. The van der Waals surface area contributed by atoms with Crippen molar-refractivity contribution >= 4 is 17.5 Å². The van der Waals surface area contributed by atoms with Crippen LogP contribution in [0, 0.1) is 11.6 Å². The molecule has 0 saturated heterocycles. The van der Waals surface area contributed by atoms with Crippen LogP contribution in [0.15, 0.2) is 18.2 Å². The Morgan fingerprint density at radius 3 is 2.43 bits per heavy atom. The van der Waals surface area contributed by atoms with Crippen LogP contribution in [0.5, 0.6) is 0 Å². The number of rotatable bonds is 6. The van der Waals surface area contributed by atoms with Gasteiger partial charge in [-0.3, -0.25) is 9.59 Å². The summed E-state index contributed by atoms with van der Waals surface area (Å²) < 4.78 is 26.6. The SMILES string of the molecule is CC(=O)N(CC(=O)NCCN(C)C)c1ccc(F)cc1F. The van der Waals surface area contributed by atoms with Crippen LogP contribution in [0.1, 0.15) is 6.92 Å². The van der Waals surface area contributed by atoms with Gasteiger partial charge in [-0.25, -0.2) is 8.78 Å². The van der Waals surface area contributed by atoms with E-state index in [2.05, 4.69) is 5.32 Å². The molecule has 0 heterocycles. The average Bonchev–Trinajstić information content (AvgIpc) is 2.36. The first-order chi connectivity index (χ1) is 9.81. The zero-order valence-electron chi connectivity index (χ0n) is 12.3. The Hall–Kier alpha value is -2.02. The third kappa shape index (κ3) is 5.47. The van der Waals surface area contributed by atoms with Crippen LogP contribution in [0.25, 0.3) is 0 Å². The van der Waals surface area contributed by atoms with E-state index >= 15 is 0 Å². The molecular formula is C14H19F2N3O2. The Bertz CT molecular complexity index is 521. The summed E-state index contributed by atoms with van der Waals surface area (Å²) in [7, 11) is 3.73. The maximum absolute atomic E-state index is 13.7. The molecule has 1 aromatic rings. The molecule has 116 valence electrons. The minimum Gasteiger partial charge on any atom is -0.353 e. The number of hydrogen-bond acceptors (Lipinski definition) is 3. The number of nitrogens with zero attached hydrogens (tertiary/aromatic N) is 2. The summed E-state index contributed by atoms with van der Waals surface area (Å²) in [6.45, 7) is 1.97. The molecule has 1 aromatic carbocycles. The molecule has 0 atom stereocenters. The van der Waals surface area contributed by atoms with Gasteiger partial charge in [0.2, 0.25) is 11.8 Å². The van der Waals surface area contributed by atoms with Crippen LogP contribution in [0.3, 0.4) is 0 Å². The van der Waals surface area contributed by atoms with Crippen molar-refractivity contribution in [3.8, 4) is 0 Å². The minimum atomic E-state index is -0.883. The largest absolute Gasteiger partial charge is 0.353 e. The van der Waals surface area contributed by atoms with E-state index in [0.29, 0.717) is 19.2 Å². The third-order valence-electron chi connectivity index (χ3n) is 2.76. The van der Waals surface area contributed by atoms with Crippen molar-refractivity contribution in [2.45, 2.75) is 6.92 Å². The van der Waals surface area contributed by atoms with Gasteiger partial charge in [0.15, 0.2) is 0 Å². The Morgan fingerprint density at radius 2 is 1.90 bits per heavy atom. The number of carbonyl (C=O) groups is 2. The van der Waals surface area contributed by atoms with E-state index in [1.807, 2.05) is 19.0 Å². The number of carbonyl (C=O) groups excluding carboxylic acids is 2. The Balaban J connectivity index is 2.74. The van der Waals surface area contributed by atoms with Gasteiger partial charge in [0.05, 0.1) is 5.69 Å². The summed E-state index contributed by atoms with van der Waals surface area (Å²) in [6, 6.07) is 2.85. The van der Waals surface area contributed by atoms with Gasteiger partial charge in [-0.2, -0.15) is 0 Å². The fourth-order valence-electron chi connectivity index (χ4n) is 1.68. The molecule has 0 aliphatic rings. The van der Waals surface area contributed by atoms with Crippen molar-refractivity contribution in [1.29, 1.82) is 0 Å². The van der Waals surface area contributed by atoms with Crippen molar-refractivity contribution in [3.63, 3.8) is 0 Å². The van der Waals surface area contributed by atoms with E-state index in [9.17, 15) is 18.4 Å². The van der Waals surface area contributed by atoms with E-state index in [-0.39, 0.29) is 12.2 Å². The van der Waals surface area contributed by atoms with Gasteiger partial charge in [-0.05, 0) is 26.2 Å². The predicted molar refractivity (Wildman–Crippen MR) is 75.9 cm³/mol. The zero-order chi connectivity index (χ0) is 16.0.